The normalized spacial score (nSPS) is 27.9. The maximum Gasteiger partial charge on any atom is 0.274 e. The molecule has 1 aliphatic heterocycles. The molecule has 7 heteroatoms. The summed E-state index contributed by atoms with van der Waals surface area (Å²) in [5.74, 6) is 0.177. The number of nitrogens with zero attached hydrogens (tertiary/aromatic N) is 1. The summed E-state index contributed by atoms with van der Waals surface area (Å²) in [6, 6.07) is 11.2. The van der Waals surface area contributed by atoms with E-state index in [1.165, 1.54) is 6.20 Å². The zero-order valence-electron chi connectivity index (χ0n) is 13.4. The van der Waals surface area contributed by atoms with E-state index in [1.807, 2.05) is 18.2 Å². The lowest BCUT2D eigenvalue weighted by atomic mass is 10.0. The smallest absolute Gasteiger partial charge is 0.274 e. The molecule has 1 aromatic heterocycles. The summed E-state index contributed by atoms with van der Waals surface area (Å²) in [5, 5.41) is 6.96. The lowest BCUT2D eigenvalue weighted by molar-refractivity contribution is 0.102. The molecule has 0 bridgehead atoms. The van der Waals surface area contributed by atoms with Crippen molar-refractivity contribution in [2.24, 2.45) is 5.92 Å². The van der Waals surface area contributed by atoms with E-state index in [9.17, 15) is 4.79 Å². The van der Waals surface area contributed by atoms with Gasteiger partial charge in [-0.05, 0) is 36.2 Å². The molecular formula is C18H18ClN3O2S. The molecule has 3 unspecified atom stereocenters. The van der Waals surface area contributed by atoms with Gasteiger partial charge in [0.1, 0.15) is 5.69 Å². The number of amides is 1. The van der Waals surface area contributed by atoms with Crippen LogP contribution in [0.2, 0.25) is 5.02 Å². The fraction of sp³-hybridized carbons (Fsp3) is 0.333. The number of hydrogen-bond acceptors (Lipinski definition) is 5. The zero-order chi connectivity index (χ0) is 17.4. The van der Waals surface area contributed by atoms with Crippen LogP contribution in [-0.4, -0.2) is 29.5 Å². The molecule has 1 aliphatic carbocycles. The Morgan fingerprint density at radius 2 is 2.24 bits per heavy atom. The van der Waals surface area contributed by atoms with Crippen molar-refractivity contribution in [3.05, 3.63) is 58.9 Å². The van der Waals surface area contributed by atoms with Crippen LogP contribution < -0.4 is 10.6 Å². The Labute approximate surface area is 156 Å². The second kappa shape index (κ2) is 6.61. The maximum atomic E-state index is 12.3. The number of rotatable bonds is 3. The number of nitrogens with one attached hydrogen (secondary N) is 2. The van der Waals surface area contributed by atoms with Gasteiger partial charge in [-0.3, -0.25) is 10.1 Å². The van der Waals surface area contributed by atoms with E-state index in [0.717, 1.165) is 24.3 Å². The van der Waals surface area contributed by atoms with Crippen molar-refractivity contribution >= 4 is 35.8 Å². The van der Waals surface area contributed by atoms with Gasteiger partial charge in [0.25, 0.3) is 5.91 Å². The second-order valence-electron chi connectivity index (χ2n) is 6.47. The standard InChI is InChI=1S/C18H18ClN3O2S/c19-13-4-5-15(20-8-13)17(23)21-14-3-1-2-11(6-14)18-7-12(18)9-24-10-16(25)22-18/h1-6,8,12,16,22,25H,7,9-10H2,(H,21,23). The first kappa shape index (κ1) is 16.8. The Morgan fingerprint density at radius 1 is 1.36 bits per heavy atom. The molecule has 0 radical (unpaired) electrons. The zero-order valence-corrected chi connectivity index (χ0v) is 15.1. The second-order valence-corrected chi connectivity index (χ2v) is 7.53. The lowest BCUT2D eigenvalue weighted by Gasteiger charge is -2.22. The molecule has 2 heterocycles. The summed E-state index contributed by atoms with van der Waals surface area (Å²) >= 11 is 10.3. The molecule has 2 fully saturated rings. The predicted octanol–water partition coefficient (Wildman–Crippen LogP) is 3.08. The van der Waals surface area contributed by atoms with Crippen LogP contribution in [0.1, 0.15) is 22.5 Å². The molecule has 2 N–H and O–H groups in total. The van der Waals surface area contributed by atoms with Crippen molar-refractivity contribution in [2.75, 3.05) is 18.5 Å². The number of hydrogen-bond donors (Lipinski definition) is 3. The Balaban J connectivity index is 1.54. The predicted molar refractivity (Wildman–Crippen MR) is 100 cm³/mol. The monoisotopic (exact) mass is 375 g/mol. The molecule has 0 spiro atoms. The number of thiol groups is 1. The van der Waals surface area contributed by atoms with Gasteiger partial charge in [-0.15, -0.1) is 0 Å². The Morgan fingerprint density at radius 3 is 3.04 bits per heavy atom. The van der Waals surface area contributed by atoms with Gasteiger partial charge >= 0.3 is 0 Å². The molecule has 4 rings (SSSR count). The quantitative estimate of drug-likeness (QED) is 0.721. The summed E-state index contributed by atoms with van der Waals surface area (Å²) in [5.41, 5.74) is 2.10. The highest BCUT2D eigenvalue weighted by Gasteiger charge is 2.57. The number of benzene rings is 1. The number of aromatic nitrogens is 1. The summed E-state index contributed by atoms with van der Waals surface area (Å²) in [6.45, 7) is 1.33. The highest BCUT2D eigenvalue weighted by atomic mass is 35.5. The minimum atomic E-state index is -0.261. The van der Waals surface area contributed by atoms with Gasteiger partial charge in [-0.25, -0.2) is 4.98 Å². The average molecular weight is 376 g/mol. The van der Waals surface area contributed by atoms with Crippen molar-refractivity contribution in [3.8, 4) is 0 Å². The van der Waals surface area contributed by atoms with Crippen molar-refractivity contribution in [1.29, 1.82) is 0 Å². The summed E-state index contributed by atoms with van der Waals surface area (Å²) in [6.07, 6.45) is 2.48. The third kappa shape index (κ3) is 3.40. The van der Waals surface area contributed by atoms with Crippen LogP contribution in [0.5, 0.6) is 0 Å². The van der Waals surface area contributed by atoms with E-state index in [1.54, 1.807) is 12.1 Å². The number of halogens is 1. The number of pyridine rings is 1. The van der Waals surface area contributed by atoms with Crippen LogP contribution in [0, 0.1) is 5.92 Å². The minimum absolute atomic E-state index is 0.00372. The average Bonchev–Trinajstić information content (AvgIpc) is 3.30. The van der Waals surface area contributed by atoms with Gasteiger partial charge in [0.2, 0.25) is 0 Å². The number of carbonyl (C=O) groups excluding carboxylic acids is 1. The van der Waals surface area contributed by atoms with Crippen LogP contribution in [0.15, 0.2) is 42.6 Å². The Kier molecular flexibility index (Phi) is 4.45. The number of fused-ring (bicyclic) bond motifs is 1. The van der Waals surface area contributed by atoms with Gasteiger partial charge in [0.05, 0.1) is 23.6 Å². The van der Waals surface area contributed by atoms with Crippen molar-refractivity contribution in [2.45, 2.75) is 17.3 Å². The largest absolute Gasteiger partial charge is 0.379 e. The van der Waals surface area contributed by atoms with Gasteiger partial charge in [0, 0.05) is 23.3 Å². The third-order valence-corrected chi connectivity index (χ3v) is 5.22. The fourth-order valence-electron chi connectivity index (χ4n) is 3.39. The number of ether oxygens (including phenoxy) is 1. The van der Waals surface area contributed by atoms with Crippen LogP contribution in [0.3, 0.4) is 0 Å². The molecule has 2 aliphatic rings. The topological polar surface area (TPSA) is 63.2 Å². The molecule has 3 atom stereocenters. The molecule has 130 valence electrons. The Bertz CT molecular complexity index is 801. The van der Waals surface area contributed by atoms with Crippen molar-refractivity contribution in [3.63, 3.8) is 0 Å². The maximum absolute atomic E-state index is 12.3. The van der Waals surface area contributed by atoms with E-state index >= 15 is 0 Å². The first-order valence-corrected chi connectivity index (χ1v) is 9.03. The van der Waals surface area contributed by atoms with Gasteiger partial charge in [-0.1, -0.05) is 23.7 Å². The first-order chi connectivity index (χ1) is 12.1. The molecule has 1 saturated carbocycles. The number of anilines is 1. The number of carbonyl (C=O) groups is 1. The molecule has 1 saturated heterocycles. The highest BCUT2D eigenvalue weighted by Crippen LogP contribution is 2.53. The molecule has 25 heavy (non-hydrogen) atoms. The summed E-state index contributed by atoms with van der Waals surface area (Å²) < 4.78 is 5.64. The molecule has 1 aromatic carbocycles. The van der Waals surface area contributed by atoms with E-state index in [0.29, 0.717) is 23.2 Å². The third-order valence-electron chi connectivity index (χ3n) is 4.72. The fourth-order valence-corrected chi connectivity index (χ4v) is 3.83. The van der Waals surface area contributed by atoms with Crippen molar-refractivity contribution in [1.82, 2.24) is 10.3 Å². The van der Waals surface area contributed by atoms with Gasteiger partial charge < -0.3 is 10.1 Å². The summed E-state index contributed by atoms with van der Waals surface area (Å²) in [7, 11) is 0. The Hall–Kier alpha value is -1.60. The van der Waals surface area contributed by atoms with Gasteiger partial charge in [-0.2, -0.15) is 12.6 Å². The summed E-state index contributed by atoms with van der Waals surface area (Å²) in [4.78, 5) is 16.4. The van der Waals surface area contributed by atoms with Crippen LogP contribution in [0.25, 0.3) is 0 Å². The molecule has 1 amide bonds. The lowest BCUT2D eigenvalue weighted by Crippen LogP contribution is -2.37. The van der Waals surface area contributed by atoms with Gasteiger partial charge in [0.15, 0.2) is 0 Å². The molecular weight excluding hydrogens is 358 g/mol. The van der Waals surface area contributed by atoms with Crippen LogP contribution >= 0.6 is 24.2 Å². The highest BCUT2D eigenvalue weighted by molar-refractivity contribution is 7.80. The van der Waals surface area contributed by atoms with E-state index in [4.69, 9.17) is 16.3 Å². The molecule has 5 nitrogen and oxygen atoms in total. The van der Waals surface area contributed by atoms with E-state index in [2.05, 4.69) is 34.3 Å². The van der Waals surface area contributed by atoms with Crippen LogP contribution in [-0.2, 0) is 10.3 Å². The molecule has 2 aromatic rings. The van der Waals surface area contributed by atoms with E-state index in [-0.39, 0.29) is 16.8 Å². The SMILES string of the molecule is O=C(Nc1cccc(C23CC2COCC(S)N3)c1)c1ccc(Cl)cn1. The first-order valence-electron chi connectivity index (χ1n) is 8.14. The van der Waals surface area contributed by atoms with Crippen molar-refractivity contribution < 1.29 is 9.53 Å². The van der Waals surface area contributed by atoms with Crippen LogP contribution in [0.4, 0.5) is 5.69 Å². The van der Waals surface area contributed by atoms with E-state index < -0.39 is 0 Å². The minimum Gasteiger partial charge on any atom is -0.379 e.